The number of fused-ring (bicyclic) bond motifs is 1. The summed E-state index contributed by atoms with van der Waals surface area (Å²) in [5.74, 6) is -0.0518. The van der Waals surface area contributed by atoms with Crippen LogP contribution >= 0.6 is 11.6 Å². The summed E-state index contributed by atoms with van der Waals surface area (Å²) in [6.45, 7) is 0.868. The van der Waals surface area contributed by atoms with Gasteiger partial charge in [-0.1, -0.05) is 23.7 Å². The average Bonchev–Trinajstić information content (AvgIpc) is 2.72. The zero-order valence-electron chi connectivity index (χ0n) is 16.3. The van der Waals surface area contributed by atoms with Crippen molar-refractivity contribution in [3.05, 3.63) is 53.1 Å². The summed E-state index contributed by atoms with van der Waals surface area (Å²) in [4.78, 5) is 40.1. The average molecular weight is 416 g/mol. The second-order valence-corrected chi connectivity index (χ2v) is 7.21. The molecule has 0 bridgehead atoms. The van der Waals surface area contributed by atoms with Crippen molar-refractivity contribution in [1.82, 2.24) is 4.90 Å². The Labute approximate surface area is 174 Å². The Morgan fingerprint density at radius 1 is 1.14 bits per heavy atom. The van der Waals surface area contributed by atoms with Crippen LogP contribution in [0.5, 0.6) is 5.75 Å². The van der Waals surface area contributed by atoms with Crippen LogP contribution in [0.4, 0.5) is 11.4 Å². The van der Waals surface area contributed by atoms with E-state index in [1.54, 1.807) is 31.1 Å². The molecule has 2 aromatic rings. The highest BCUT2D eigenvalue weighted by atomic mass is 35.5. The smallest absolute Gasteiger partial charge is 0.254 e. The summed E-state index contributed by atoms with van der Waals surface area (Å²) in [5.41, 5.74) is 1.47. The molecule has 0 saturated heterocycles. The Hall–Kier alpha value is -3.06. The maximum absolute atomic E-state index is 12.6. The van der Waals surface area contributed by atoms with Crippen molar-refractivity contribution >= 4 is 40.7 Å². The fourth-order valence-corrected chi connectivity index (χ4v) is 3.21. The minimum atomic E-state index is -0.314. The lowest BCUT2D eigenvalue weighted by Crippen LogP contribution is -2.38. The molecule has 2 aromatic carbocycles. The van der Waals surface area contributed by atoms with Crippen molar-refractivity contribution < 1.29 is 19.1 Å². The normalized spacial score (nSPS) is 12.6. The maximum atomic E-state index is 12.6. The van der Waals surface area contributed by atoms with E-state index >= 15 is 0 Å². The zero-order chi connectivity index (χ0) is 21.0. The quantitative estimate of drug-likeness (QED) is 0.813. The summed E-state index contributed by atoms with van der Waals surface area (Å²) in [6.07, 6.45) is 0.0924. The molecule has 3 amide bonds. The summed E-state index contributed by atoms with van der Waals surface area (Å²) < 4.78 is 5.55. The van der Waals surface area contributed by atoms with Gasteiger partial charge in [0.1, 0.15) is 12.4 Å². The van der Waals surface area contributed by atoms with Crippen molar-refractivity contribution in [2.45, 2.75) is 12.8 Å². The van der Waals surface area contributed by atoms with E-state index in [1.165, 1.54) is 11.0 Å². The van der Waals surface area contributed by atoms with E-state index in [9.17, 15) is 14.4 Å². The first-order chi connectivity index (χ1) is 13.9. The van der Waals surface area contributed by atoms with Crippen molar-refractivity contribution in [3.63, 3.8) is 0 Å². The number of anilines is 2. The maximum Gasteiger partial charge on any atom is 0.254 e. The van der Waals surface area contributed by atoms with Crippen LogP contribution in [0.2, 0.25) is 5.02 Å². The molecule has 0 aliphatic carbocycles. The van der Waals surface area contributed by atoms with Crippen LogP contribution in [0.3, 0.4) is 0 Å². The topological polar surface area (TPSA) is 79.0 Å². The summed E-state index contributed by atoms with van der Waals surface area (Å²) >= 11 is 6.08. The number of nitrogens with zero attached hydrogens (tertiary/aromatic N) is 2. The van der Waals surface area contributed by atoms with E-state index in [2.05, 4.69) is 5.32 Å². The van der Waals surface area contributed by atoms with Gasteiger partial charge in [0.15, 0.2) is 0 Å². The third-order valence-electron chi connectivity index (χ3n) is 4.48. The molecule has 152 valence electrons. The number of carbonyl (C=O) groups excluding carboxylic acids is 3. The molecule has 0 aromatic heterocycles. The minimum Gasteiger partial charge on any atom is -0.490 e. The van der Waals surface area contributed by atoms with Gasteiger partial charge in [-0.15, -0.1) is 0 Å². The molecule has 0 fully saturated rings. The molecule has 7 nitrogen and oxygen atoms in total. The summed E-state index contributed by atoms with van der Waals surface area (Å²) in [6, 6.07) is 12.0. The first kappa shape index (κ1) is 20.7. The number of rotatable bonds is 5. The molecule has 0 spiro atoms. The van der Waals surface area contributed by atoms with E-state index in [-0.39, 0.29) is 30.6 Å². The van der Waals surface area contributed by atoms with Gasteiger partial charge in [-0.3, -0.25) is 14.4 Å². The molecule has 8 heteroatoms. The summed E-state index contributed by atoms with van der Waals surface area (Å²) in [5, 5.41) is 3.03. The first-order valence-corrected chi connectivity index (χ1v) is 9.58. The third-order valence-corrected chi connectivity index (χ3v) is 4.81. The Morgan fingerprint density at radius 3 is 2.66 bits per heavy atom. The number of hydrogen-bond acceptors (Lipinski definition) is 4. The lowest BCUT2D eigenvalue weighted by Gasteiger charge is -2.29. The largest absolute Gasteiger partial charge is 0.490 e. The highest BCUT2D eigenvalue weighted by Gasteiger charge is 2.23. The van der Waals surface area contributed by atoms with Gasteiger partial charge in [-0.2, -0.15) is 0 Å². The van der Waals surface area contributed by atoms with Gasteiger partial charge in [0, 0.05) is 32.6 Å². The molecule has 1 aliphatic rings. The molecule has 3 rings (SSSR count). The molecular formula is C21H22ClN3O4. The van der Waals surface area contributed by atoms with Crippen molar-refractivity contribution in [3.8, 4) is 5.75 Å². The van der Waals surface area contributed by atoms with E-state index in [1.807, 2.05) is 24.3 Å². The van der Waals surface area contributed by atoms with Crippen molar-refractivity contribution in [2.75, 3.05) is 37.5 Å². The number of halogens is 1. The standard InChI is InChI=1S/C21H22ClN3O4/c1-24(2)21(28)15-13-14(7-8-16(15)22)23-19(26)9-10-20(27)25-11-12-29-18-6-4-3-5-17(18)25/h3-8,13H,9-12H2,1-2H3,(H,23,26). The molecule has 0 atom stereocenters. The lowest BCUT2D eigenvalue weighted by atomic mass is 10.1. The van der Waals surface area contributed by atoms with Crippen LogP contribution in [0.15, 0.2) is 42.5 Å². The molecule has 1 heterocycles. The van der Waals surface area contributed by atoms with Gasteiger partial charge >= 0.3 is 0 Å². The van der Waals surface area contributed by atoms with Crippen LogP contribution in [0.1, 0.15) is 23.2 Å². The first-order valence-electron chi connectivity index (χ1n) is 9.20. The second kappa shape index (κ2) is 8.96. The minimum absolute atomic E-state index is 0.0257. The van der Waals surface area contributed by atoms with Gasteiger partial charge in [0.2, 0.25) is 11.8 Å². The number of ether oxygens (including phenoxy) is 1. The highest BCUT2D eigenvalue weighted by molar-refractivity contribution is 6.34. The number of para-hydroxylation sites is 2. The molecule has 1 aliphatic heterocycles. The fraction of sp³-hybridized carbons (Fsp3) is 0.286. The van der Waals surface area contributed by atoms with Crippen LogP contribution in [-0.4, -0.2) is 49.9 Å². The van der Waals surface area contributed by atoms with Crippen LogP contribution in [0, 0.1) is 0 Å². The Balaban J connectivity index is 1.60. The van der Waals surface area contributed by atoms with Crippen LogP contribution in [-0.2, 0) is 9.59 Å². The Bertz CT molecular complexity index is 945. The van der Waals surface area contributed by atoms with E-state index in [0.717, 1.165) is 0 Å². The third kappa shape index (κ3) is 4.86. The number of nitrogens with one attached hydrogen (secondary N) is 1. The number of amides is 3. The molecule has 0 saturated carbocycles. The predicted molar refractivity (Wildman–Crippen MR) is 112 cm³/mol. The van der Waals surface area contributed by atoms with E-state index in [0.29, 0.717) is 40.9 Å². The highest BCUT2D eigenvalue weighted by Crippen LogP contribution is 2.31. The molecular weight excluding hydrogens is 394 g/mol. The molecule has 0 radical (unpaired) electrons. The van der Waals surface area contributed by atoms with Gasteiger partial charge in [0.25, 0.3) is 5.91 Å². The SMILES string of the molecule is CN(C)C(=O)c1cc(NC(=O)CCC(=O)N2CCOc3ccccc32)ccc1Cl. The molecule has 29 heavy (non-hydrogen) atoms. The van der Waals surface area contributed by atoms with Crippen LogP contribution < -0.4 is 15.0 Å². The Morgan fingerprint density at radius 2 is 1.90 bits per heavy atom. The number of benzene rings is 2. The predicted octanol–water partition coefficient (Wildman–Crippen LogP) is 3.19. The van der Waals surface area contributed by atoms with Gasteiger partial charge < -0.3 is 19.9 Å². The van der Waals surface area contributed by atoms with Crippen molar-refractivity contribution in [2.24, 2.45) is 0 Å². The fourth-order valence-electron chi connectivity index (χ4n) is 3.02. The zero-order valence-corrected chi connectivity index (χ0v) is 17.0. The van der Waals surface area contributed by atoms with E-state index < -0.39 is 0 Å². The molecule has 1 N–H and O–H groups in total. The summed E-state index contributed by atoms with van der Waals surface area (Å²) in [7, 11) is 3.25. The lowest BCUT2D eigenvalue weighted by molar-refractivity contribution is -0.122. The van der Waals surface area contributed by atoms with Crippen LogP contribution in [0.25, 0.3) is 0 Å². The van der Waals surface area contributed by atoms with Gasteiger partial charge in [-0.25, -0.2) is 0 Å². The number of carbonyl (C=O) groups is 3. The monoisotopic (exact) mass is 415 g/mol. The Kier molecular flexibility index (Phi) is 6.39. The van der Waals surface area contributed by atoms with Gasteiger partial charge in [0.05, 0.1) is 22.8 Å². The second-order valence-electron chi connectivity index (χ2n) is 6.80. The van der Waals surface area contributed by atoms with Gasteiger partial charge in [-0.05, 0) is 30.3 Å². The molecule has 0 unspecified atom stereocenters. The number of hydrogen-bond donors (Lipinski definition) is 1. The van der Waals surface area contributed by atoms with E-state index in [4.69, 9.17) is 16.3 Å². The van der Waals surface area contributed by atoms with Crippen molar-refractivity contribution in [1.29, 1.82) is 0 Å².